The topological polar surface area (TPSA) is 48.4 Å². The summed E-state index contributed by atoms with van der Waals surface area (Å²) >= 11 is 0. The molecule has 0 atom stereocenters. The van der Waals surface area contributed by atoms with Gasteiger partial charge >= 0.3 is 5.97 Å². The van der Waals surface area contributed by atoms with Gasteiger partial charge in [0.25, 0.3) is 0 Å². The maximum Gasteiger partial charge on any atom is 0.339 e. The van der Waals surface area contributed by atoms with Crippen molar-refractivity contribution in [3.8, 4) is 17.0 Å². The summed E-state index contributed by atoms with van der Waals surface area (Å²) in [5, 5.41) is 0.775. The fourth-order valence-electron chi connectivity index (χ4n) is 3.18. The van der Waals surface area contributed by atoms with E-state index in [0.717, 1.165) is 33.5 Å². The van der Waals surface area contributed by atoms with Crippen molar-refractivity contribution in [1.29, 1.82) is 0 Å². The van der Waals surface area contributed by atoms with Crippen molar-refractivity contribution in [3.05, 3.63) is 96.1 Å². The van der Waals surface area contributed by atoms with E-state index in [1.807, 2.05) is 85.8 Å². The zero-order valence-corrected chi connectivity index (χ0v) is 16.2. The third-order valence-corrected chi connectivity index (χ3v) is 4.58. The van der Waals surface area contributed by atoms with Gasteiger partial charge in [-0.15, -0.1) is 0 Å². The van der Waals surface area contributed by atoms with Crippen molar-refractivity contribution < 1.29 is 14.3 Å². The van der Waals surface area contributed by atoms with E-state index >= 15 is 0 Å². The zero-order chi connectivity index (χ0) is 20.1. The van der Waals surface area contributed by atoms with Crippen molar-refractivity contribution in [2.45, 2.75) is 6.92 Å². The van der Waals surface area contributed by atoms with Gasteiger partial charge in [0, 0.05) is 10.9 Å². The Balaban J connectivity index is 1.52. The molecule has 0 aliphatic rings. The highest BCUT2D eigenvalue weighted by Crippen LogP contribution is 2.25. The summed E-state index contributed by atoms with van der Waals surface area (Å²) in [4.78, 5) is 17.5. The van der Waals surface area contributed by atoms with Crippen LogP contribution >= 0.6 is 0 Å². The summed E-state index contributed by atoms with van der Waals surface area (Å²) in [7, 11) is 0. The summed E-state index contributed by atoms with van der Waals surface area (Å²) in [6.45, 7) is 2.47. The van der Waals surface area contributed by atoms with E-state index in [4.69, 9.17) is 14.5 Å². The molecule has 0 spiro atoms. The Morgan fingerprint density at radius 3 is 2.48 bits per heavy atom. The van der Waals surface area contributed by atoms with Crippen LogP contribution in [0.15, 0.2) is 84.9 Å². The fourth-order valence-corrected chi connectivity index (χ4v) is 3.18. The number of para-hydroxylation sites is 1. The summed E-state index contributed by atoms with van der Waals surface area (Å²) in [5.41, 5.74) is 4.08. The van der Waals surface area contributed by atoms with Crippen LogP contribution in [0, 0.1) is 6.92 Å². The second kappa shape index (κ2) is 8.57. The van der Waals surface area contributed by atoms with E-state index in [-0.39, 0.29) is 12.6 Å². The number of hydrogen-bond donors (Lipinski definition) is 0. The third-order valence-electron chi connectivity index (χ3n) is 4.58. The van der Waals surface area contributed by atoms with E-state index in [9.17, 15) is 4.79 Å². The Hall–Kier alpha value is -3.66. The van der Waals surface area contributed by atoms with Gasteiger partial charge in [-0.2, -0.15) is 0 Å². The quantitative estimate of drug-likeness (QED) is 0.328. The third kappa shape index (κ3) is 4.43. The van der Waals surface area contributed by atoms with E-state index in [1.165, 1.54) is 0 Å². The van der Waals surface area contributed by atoms with Gasteiger partial charge in [-0.1, -0.05) is 60.7 Å². The lowest BCUT2D eigenvalue weighted by atomic mass is 10.0. The molecule has 3 aromatic carbocycles. The SMILES string of the molecule is Cc1cccc(OCCOC(=O)c2cc(-c3ccccc3)nc3ccccc23)c1. The van der Waals surface area contributed by atoms with Crippen LogP contribution in [-0.4, -0.2) is 24.2 Å². The number of benzene rings is 3. The molecule has 0 aliphatic heterocycles. The van der Waals surface area contributed by atoms with Crippen LogP contribution in [-0.2, 0) is 4.74 Å². The highest BCUT2D eigenvalue weighted by molar-refractivity contribution is 6.04. The van der Waals surface area contributed by atoms with Crippen molar-refractivity contribution in [2.75, 3.05) is 13.2 Å². The van der Waals surface area contributed by atoms with Crippen molar-refractivity contribution in [3.63, 3.8) is 0 Å². The first-order valence-electron chi connectivity index (χ1n) is 9.52. The second-order valence-electron chi connectivity index (χ2n) is 6.74. The van der Waals surface area contributed by atoms with Crippen LogP contribution in [0.5, 0.6) is 5.75 Å². The molecule has 0 N–H and O–H groups in total. The lowest BCUT2D eigenvalue weighted by molar-refractivity contribution is 0.0452. The molecule has 4 heteroatoms. The van der Waals surface area contributed by atoms with Crippen LogP contribution in [0.4, 0.5) is 0 Å². The predicted molar refractivity (Wildman–Crippen MR) is 114 cm³/mol. The van der Waals surface area contributed by atoms with E-state index < -0.39 is 0 Å². The Morgan fingerprint density at radius 2 is 1.66 bits per heavy atom. The minimum atomic E-state index is -0.381. The van der Waals surface area contributed by atoms with Gasteiger partial charge < -0.3 is 9.47 Å². The van der Waals surface area contributed by atoms with E-state index in [0.29, 0.717) is 12.2 Å². The molecule has 4 rings (SSSR count). The first-order chi connectivity index (χ1) is 14.2. The molecule has 0 radical (unpaired) electrons. The van der Waals surface area contributed by atoms with Crippen LogP contribution < -0.4 is 4.74 Å². The first-order valence-corrected chi connectivity index (χ1v) is 9.52. The molecule has 0 saturated heterocycles. The molecule has 0 saturated carbocycles. The molecule has 4 nitrogen and oxygen atoms in total. The van der Waals surface area contributed by atoms with Gasteiger partial charge in [-0.05, 0) is 36.8 Å². The van der Waals surface area contributed by atoms with Crippen molar-refractivity contribution >= 4 is 16.9 Å². The van der Waals surface area contributed by atoms with Crippen LogP contribution in [0.3, 0.4) is 0 Å². The zero-order valence-electron chi connectivity index (χ0n) is 16.2. The monoisotopic (exact) mass is 383 g/mol. The number of fused-ring (bicyclic) bond motifs is 1. The molecular formula is C25H21NO3. The molecule has 144 valence electrons. The number of carbonyl (C=O) groups is 1. The number of rotatable bonds is 6. The number of aryl methyl sites for hydroxylation is 1. The molecule has 0 fully saturated rings. The maximum absolute atomic E-state index is 12.8. The van der Waals surface area contributed by atoms with Gasteiger partial charge in [0.15, 0.2) is 0 Å². The molecule has 1 aromatic heterocycles. The Labute approximate surface area is 169 Å². The number of aromatic nitrogens is 1. The Morgan fingerprint density at radius 1 is 0.862 bits per heavy atom. The fraction of sp³-hybridized carbons (Fsp3) is 0.120. The normalized spacial score (nSPS) is 10.7. The average molecular weight is 383 g/mol. The maximum atomic E-state index is 12.8. The number of nitrogens with zero attached hydrogens (tertiary/aromatic N) is 1. The number of hydrogen-bond acceptors (Lipinski definition) is 4. The second-order valence-corrected chi connectivity index (χ2v) is 6.74. The van der Waals surface area contributed by atoms with Crippen molar-refractivity contribution in [1.82, 2.24) is 4.98 Å². The lowest BCUT2D eigenvalue weighted by Gasteiger charge is -2.11. The number of ether oxygens (including phenoxy) is 2. The molecular weight excluding hydrogens is 362 g/mol. The highest BCUT2D eigenvalue weighted by atomic mass is 16.6. The Kier molecular flexibility index (Phi) is 5.52. The standard InChI is InChI=1S/C25H21NO3/c1-18-8-7-11-20(16-18)28-14-15-29-25(27)22-17-24(19-9-3-2-4-10-19)26-23-13-6-5-12-21(22)23/h2-13,16-17H,14-15H2,1H3. The van der Waals surface area contributed by atoms with Crippen LogP contribution in [0.2, 0.25) is 0 Å². The summed E-state index contributed by atoms with van der Waals surface area (Å²) in [6.07, 6.45) is 0. The van der Waals surface area contributed by atoms with E-state index in [2.05, 4.69) is 0 Å². The first kappa shape index (κ1) is 18.7. The van der Waals surface area contributed by atoms with Crippen molar-refractivity contribution in [2.24, 2.45) is 0 Å². The van der Waals surface area contributed by atoms with Crippen LogP contribution in [0.1, 0.15) is 15.9 Å². The highest BCUT2D eigenvalue weighted by Gasteiger charge is 2.15. The minimum Gasteiger partial charge on any atom is -0.490 e. The largest absolute Gasteiger partial charge is 0.490 e. The molecule has 0 bridgehead atoms. The van der Waals surface area contributed by atoms with Crippen LogP contribution in [0.25, 0.3) is 22.2 Å². The van der Waals surface area contributed by atoms with E-state index in [1.54, 1.807) is 6.07 Å². The molecule has 0 unspecified atom stereocenters. The predicted octanol–water partition coefficient (Wildman–Crippen LogP) is 5.45. The molecule has 29 heavy (non-hydrogen) atoms. The van der Waals surface area contributed by atoms with Gasteiger partial charge in [0.1, 0.15) is 19.0 Å². The van der Waals surface area contributed by atoms with Gasteiger partial charge in [0.2, 0.25) is 0 Å². The molecule has 4 aromatic rings. The minimum absolute atomic E-state index is 0.171. The number of esters is 1. The van der Waals surface area contributed by atoms with Gasteiger partial charge in [0.05, 0.1) is 16.8 Å². The van der Waals surface area contributed by atoms with Gasteiger partial charge in [-0.3, -0.25) is 0 Å². The number of carbonyl (C=O) groups excluding carboxylic acids is 1. The summed E-state index contributed by atoms with van der Waals surface area (Å²) in [5.74, 6) is 0.385. The summed E-state index contributed by atoms with van der Waals surface area (Å²) in [6, 6.07) is 27.0. The number of pyridine rings is 1. The molecule has 0 amide bonds. The molecule has 1 heterocycles. The average Bonchev–Trinajstić information content (AvgIpc) is 2.76. The molecule has 0 aliphatic carbocycles. The smallest absolute Gasteiger partial charge is 0.339 e. The lowest BCUT2D eigenvalue weighted by Crippen LogP contribution is -2.13. The summed E-state index contributed by atoms with van der Waals surface area (Å²) < 4.78 is 11.2. The Bertz CT molecular complexity index is 1140. The van der Waals surface area contributed by atoms with Gasteiger partial charge in [-0.25, -0.2) is 9.78 Å².